The first-order valence-electron chi connectivity index (χ1n) is 9.09. The first-order chi connectivity index (χ1) is 15.0. The SMILES string of the molecule is Cc1cc2c(C(F)(F)F)c(C#N)ccc2n1Cc1noc(-c2cccc(C(F)(F)F)c2)n1. The van der Waals surface area contributed by atoms with E-state index in [2.05, 4.69) is 10.1 Å². The fourth-order valence-corrected chi connectivity index (χ4v) is 3.48. The molecule has 0 unspecified atom stereocenters. The van der Waals surface area contributed by atoms with Crippen LogP contribution in [-0.4, -0.2) is 14.7 Å². The summed E-state index contributed by atoms with van der Waals surface area (Å²) in [7, 11) is 0. The number of benzene rings is 2. The Bertz CT molecular complexity index is 1360. The molecule has 0 aliphatic carbocycles. The number of nitriles is 1. The standard InChI is InChI=1S/C21H12F6N4O/c1-11-7-15-16(6-5-13(9-28)18(15)21(25,26)27)31(11)10-17-29-19(32-30-17)12-3-2-4-14(8-12)20(22,23)24/h2-8H,10H2,1H3. The molecule has 2 heterocycles. The van der Waals surface area contributed by atoms with Crippen LogP contribution in [-0.2, 0) is 18.9 Å². The Kier molecular flexibility index (Phi) is 4.96. The van der Waals surface area contributed by atoms with Gasteiger partial charge < -0.3 is 9.09 Å². The summed E-state index contributed by atoms with van der Waals surface area (Å²) in [6.07, 6.45) is -9.27. The minimum Gasteiger partial charge on any atom is -0.337 e. The molecule has 0 bridgehead atoms. The molecule has 0 saturated heterocycles. The van der Waals surface area contributed by atoms with Crippen LogP contribution in [0.2, 0.25) is 0 Å². The third-order valence-corrected chi connectivity index (χ3v) is 4.90. The van der Waals surface area contributed by atoms with Crippen LogP contribution >= 0.6 is 0 Å². The third kappa shape index (κ3) is 3.79. The maximum atomic E-state index is 13.6. The van der Waals surface area contributed by atoms with Crippen molar-refractivity contribution in [1.29, 1.82) is 5.26 Å². The fraction of sp³-hybridized carbons (Fsp3) is 0.190. The fourth-order valence-electron chi connectivity index (χ4n) is 3.48. The van der Waals surface area contributed by atoms with E-state index < -0.39 is 29.0 Å². The number of hydrogen-bond donors (Lipinski definition) is 0. The molecule has 0 fully saturated rings. The maximum Gasteiger partial charge on any atom is 0.418 e. The van der Waals surface area contributed by atoms with Crippen molar-refractivity contribution in [3.05, 3.63) is 70.7 Å². The van der Waals surface area contributed by atoms with Crippen LogP contribution in [0.4, 0.5) is 26.3 Å². The second-order valence-electron chi connectivity index (χ2n) is 7.00. The van der Waals surface area contributed by atoms with Crippen molar-refractivity contribution in [2.45, 2.75) is 25.8 Å². The van der Waals surface area contributed by atoms with E-state index in [1.165, 1.54) is 28.8 Å². The molecule has 11 heteroatoms. The third-order valence-electron chi connectivity index (χ3n) is 4.90. The van der Waals surface area contributed by atoms with Gasteiger partial charge in [0, 0.05) is 22.2 Å². The smallest absolute Gasteiger partial charge is 0.337 e. The molecular formula is C21H12F6N4O. The van der Waals surface area contributed by atoms with Crippen molar-refractivity contribution >= 4 is 10.9 Å². The van der Waals surface area contributed by atoms with Gasteiger partial charge in [0.05, 0.1) is 29.3 Å². The lowest BCUT2D eigenvalue weighted by atomic mass is 10.0. The van der Waals surface area contributed by atoms with E-state index in [-0.39, 0.29) is 34.7 Å². The number of halogens is 6. The highest BCUT2D eigenvalue weighted by atomic mass is 19.4. The van der Waals surface area contributed by atoms with E-state index >= 15 is 0 Å². The van der Waals surface area contributed by atoms with Gasteiger partial charge in [-0.05, 0) is 43.3 Å². The van der Waals surface area contributed by atoms with Crippen LogP contribution in [0.25, 0.3) is 22.4 Å². The molecule has 32 heavy (non-hydrogen) atoms. The Balaban J connectivity index is 1.73. The van der Waals surface area contributed by atoms with E-state index in [4.69, 9.17) is 9.78 Å². The maximum absolute atomic E-state index is 13.6. The predicted molar refractivity (Wildman–Crippen MR) is 100 cm³/mol. The second-order valence-corrected chi connectivity index (χ2v) is 7.00. The summed E-state index contributed by atoms with van der Waals surface area (Å²) in [5.74, 6) is -0.0844. The molecule has 164 valence electrons. The molecule has 5 nitrogen and oxygen atoms in total. The molecule has 0 spiro atoms. The highest BCUT2D eigenvalue weighted by Crippen LogP contribution is 2.38. The molecule has 0 N–H and O–H groups in total. The van der Waals surface area contributed by atoms with Gasteiger partial charge >= 0.3 is 12.4 Å². The van der Waals surface area contributed by atoms with Crippen LogP contribution in [0.1, 0.15) is 28.2 Å². The Morgan fingerprint density at radius 3 is 2.44 bits per heavy atom. The van der Waals surface area contributed by atoms with Crippen molar-refractivity contribution in [2.24, 2.45) is 0 Å². The van der Waals surface area contributed by atoms with Crippen LogP contribution < -0.4 is 0 Å². The van der Waals surface area contributed by atoms with Gasteiger partial charge in [-0.25, -0.2) is 0 Å². The van der Waals surface area contributed by atoms with Crippen molar-refractivity contribution < 1.29 is 30.9 Å². The summed E-state index contributed by atoms with van der Waals surface area (Å²) in [6.45, 7) is 1.50. The van der Waals surface area contributed by atoms with Crippen LogP contribution in [0.15, 0.2) is 47.0 Å². The number of nitrogens with zero attached hydrogens (tertiary/aromatic N) is 4. The lowest BCUT2D eigenvalue weighted by Gasteiger charge is -2.11. The molecule has 0 atom stereocenters. The highest BCUT2D eigenvalue weighted by Gasteiger charge is 2.36. The number of aromatic nitrogens is 3. The zero-order valence-corrected chi connectivity index (χ0v) is 16.2. The Labute approximate surface area is 176 Å². The number of alkyl halides is 6. The second kappa shape index (κ2) is 7.40. The molecule has 0 radical (unpaired) electrons. The van der Waals surface area contributed by atoms with Crippen molar-refractivity contribution in [1.82, 2.24) is 14.7 Å². The molecule has 0 saturated carbocycles. The lowest BCUT2D eigenvalue weighted by Crippen LogP contribution is -2.09. The van der Waals surface area contributed by atoms with Gasteiger partial charge in [0.2, 0.25) is 0 Å². The van der Waals surface area contributed by atoms with Crippen molar-refractivity contribution in [3.63, 3.8) is 0 Å². The van der Waals surface area contributed by atoms with Gasteiger partial charge in [0.15, 0.2) is 5.82 Å². The Hall–Kier alpha value is -3.81. The molecule has 4 aromatic rings. The molecule has 0 aliphatic heterocycles. The van der Waals surface area contributed by atoms with Crippen LogP contribution in [0.3, 0.4) is 0 Å². The summed E-state index contributed by atoms with van der Waals surface area (Å²) < 4.78 is 86.1. The van der Waals surface area contributed by atoms with Crippen LogP contribution in [0.5, 0.6) is 0 Å². The average molecular weight is 450 g/mol. The van der Waals surface area contributed by atoms with E-state index in [0.717, 1.165) is 18.2 Å². The molecule has 0 amide bonds. The molecule has 2 aromatic carbocycles. The topological polar surface area (TPSA) is 67.6 Å². The summed E-state index contributed by atoms with van der Waals surface area (Å²) >= 11 is 0. The number of rotatable bonds is 3. The van der Waals surface area contributed by atoms with E-state index in [9.17, 15) is 26.3 Å². The number of hydrogen-bond acceptors (Lipinski definition) is 4. The van der Waals surface area contributed by atoms with Gasteiger partial charge in [-0.2, -0.15) is 36.6 Å². The molecule has 2 aromatic heterocycles. The summed E-state index contributed by atoms with van der Waals surface area (Å²) in [4.78, 5) is 4.09. The quantitative estimate of drug-likeness (QED) is 0.362. The van der Waals surface area contributed by atoms with Gasteiger partial charge in [-0.3, -0.25) is 0 Å². The van der Waals surface area contributed by atoms with E-state index in [0.29, 0.717) is 5.69 Å². The molecule has 0 aliphatic rings. The number of fused-ring (bicyclic) bond motifs is 1. The van der Waals surface area contributed by atoms with Gasteiger partial charge in [-0.1, -0.05) is 11.2 Å². The summed E-state index contributed by atoms with van der Waals surface area (Å²) in [5, 5.41) is 12.7. The predicted octanol–water partition coefficient (Wildman–Crippen LogP) is 5.96. The van der Waals surface area contributed by atoms with Crippen molar-refractivity contribution in [3.8, 4) is 17.5 Å². The largest absolute Gasteiger partial charge is 0.418 e. The normalized spacial score (nSPS) is 12.3. The minimum absolute atomic E-state index is 0.0608. The van der Waals surface area contributed by atoms with E-state index in [1.807, 2.05) is 0 Å². The zero-order chi connectivity index (χ0) is 23.3. The van der Waals surface area contributed by atoms with Crippen molar-refractivity contribution in [2.75, 3.05) is 0 Å². The van der Waals surface area contributed by atoms with Gasteiger partial charge in [-0.15, -0.1) is 0 Å². The Morgan fingerprint density at radius 2 is 1.78 bits per heavy atom. The Morgan fingerprint density at radius 1 is 1.03 bits per heavy atom. The number of aryl methyl sites for hydroxylation is 1. The summed E-state index contributed by atoms with van der Waals surface area (Å²) in [6, 6.07) is 9.71. The zero-order valence-electron chi connectivity index (χ0n) is 16.2. The van der Waals surface area contributed by atoms with Crippen LogP contribution in [0, 0.1) is 18.3 Å². The highest BCUT2D eigenvalue weighted by molar-refractivity contribution is 5.87. The van der Waals surface area contributed by atoms with E-state index in [1.54, 1.807) is 13.0 Å². The average Bonchev–Trinajstić information content (AvgIpc) is 3.31. The van der Waals surface area contributed by atoms with Gasteiger partial charge in [0.25, 0.3) is 5.89 Å². The first-order valence-corrected chi connectivity index (χ1v) is 9.09. The summed E-state index contributed by atoms with van der Waals surface area (Å²) in [5.41, 5.74) is -1.68. The molecular weight excluding hydrogens is 438 g/mol. The monoisotopic (exact) mass is 450 g/mol. The molecule has 4 rings (SSSR count). The van der Waals surface area contributed by atoms with Gasteiger partial charge in [0.1, 0.15) is 0 Å². The lowest BCUT2D eigenvalue weighted by molar-refractivity contribution is -0.138. The first kappa shape index (κ1) is 21.4. The minimum atomic E-state index is -4.73.